The molecule has 0 heterocycles. The number of carbonyl (C=O) groups excluding carboxylic acids is 1. The van der Waals surface area contributed by atoms with Crippen LogP contribution >= 0.6 is 0 Å². The van der Waals surface area contributed by atoms with Crippen LogP contribution in [-0.2, 0) is 10.0 Å². The molecule has 0 aliphatic carbocycles. The second-order valence-electron chi connectivity index (χ2n) is 4.55. The maximum Gasteiger partial charge on any atom is 0.252 e. The molecule has 0 aliphatic rings. The van der Waals surface area contributed by atoms with E-state index < -0.39 is 22.0 Å². The number of rotatable bonds is 4. The standard InChI is InChI=1S/C16H14N2O3S/c1-2-15(12-6-4-3-5-7-12)18-16(19)13-8-10-14(11-9-13)22(17,20)21/h1,3-11,15H,(H,18,19)(H2,17,20,21). The molecule has 0 saturated carbocycles. The maximum absolute atomic E-state index is 12.2. The minimum atomic E-state index is -3.78. The van der Waals surface area contributed by atoms with E-state index in [2.05, 4.69) is 11.2 Å². The number of primary sulfonamides is 1. The third kappa shape index (κ3) is 3.73. The van der Waals surface area contributed by atoms with Crippen LogP contribution in [0.25, 0.3) is 0 Å². The van der Waals surface area contributed by atoms with Crippen molar-refractivity contribution in [2.24, 2.45) is 5.14 Å². The van der Waals surface area contributed by atoms with Crippen molar-refractivity contribution in [1.82, 2.24) is 5.32 Å². The molecule has 5 nitrogen and oxygen atoms in total. The zero-order valence-corrected chi connectivity index (χ0v) is 12.4. The molecular formula is C16H14N2O3S. The topological polar surface area (TPSA) is 89.3 Å². The van der Waals surface area contributed by atoms with E-state index in [4.69, 9.17) is 11.6 Å². The van der Waals surface area contributed by atoms with Crippen molar-refractivity contribution in [2.45, 2.75) is 10.9 Å². The summed E-state index contributed by atoms with van der Waals surface area (Å²) in [6.45, 7) is 0. The first-order valence-electron chi connectivity index (χ1n) is 6.36. The molecule has 22 heavy (non-hydrogen) atoms. The molecule has 112 valence electrons. The Morgan fingerprint density at radius 3 is 2.18 bits per heavy atom. The van der Waals surface area contributed by atoms with Gasteiger partial charge >= 0.3 is 0 Å². The summed E-state index contributed by atoms with van der Waals surface area (Å²) in [5.41, 5.74) is 1.09. The van der Waals surface area contributed by atoms with Gasteiger partial charge in [-0.1, -0.05) is 36.3 Å². The van der Waals surface area contributed by atoms with Gasteiger partial charge in [-0.3, -0.25) is 4.79 Å². The van der Waals surface area contributed by atoms with Crippen molar-refractivity contribution in [2.75, 3.05) is 0 Å². The van der Waals surface area contributed by atoms with Crippen molar-refractivity contribution >= 4 is 15.9 Å². The van der Waals surface area contributed by atoms with Gasteiger partial charge in [0.1, 0.15) is 6.04 Å². The fraction of sp³-hybridized carbons (Fsp3) is 0.0625. The van der Waals surface area contributed by atoms with E-state index in [0.29, 0.717) is 5.56 Å². The van der Waals surface area contributed by atoms with E-state index in [1.54, 1.807) is 0 Å². The van der Waals surface area contributed by atoms with Crippen molar-refractivity contribution in [3.05, 3.63) is 65.7 Å². The summed E-state index contributed by atoms with van der Waals surface area (Å²) in [5, 5.41) is 7.71. The molecule has 0 aliphatic heterocycles. The Kier molecular flexibility index (Phi) is 4.61. The van der Waals surface area contributed by atoms with Crippen LogP contribution in [0, 0.1) is 12.3 Å². The molecule has 1 amide bonds. The van der Waals surface area contributed by atoms with E-state index >= 15 is 0 Å². The Hall–Kier alpha value is -2.62. The predicted molar refractivity (Wildman–Crippen MR) is 83.3 cm³/mol. The SMILES string of the molecule is C#CC(NC(=O)c1ccc(S(N)(=O)=O)cc1)c1ccccc1. The van der Waals surface area contributed by atoms with Gasteiger partial charge in [-0.15, -0.1) is 6.42 Å². The molecule has 0 radical (unpaired) electrons. The summed E-state index contributed by atoms with van der Waals surface area (Å²) < 4.78 is 22.3. The van der Waals surface area contributed by atoms with E-state index in [1.807, 2.05) is 30.3 Å². The minimum absolute atomic E-state index is 0.0550. The van der Waals surface area contributed by atoms with E-state index in [-0.39, 0.29) is 4.90 Å². The lowest BCUT2D eigenvalue weighted by molar-refractivity contribution is 0.0945. The highest BCUT2D eigenvalue weighted by molar-refractivity contribution is 7.89. The number of nitrogens with one attached hydrogen (secondary N) is 1. The van der Waals surface area contributed by atoms with Gasteiger partial charge < -0.3 is 5.32 Å². The summed E-state index contributed by atoms with van der Waals surface area (Å²) in [5.74, 6) is 2.11. The van der Waals surface area contributed by atoms with E-state index in [9.17, 15) is 13.2 Å². The van der Waals surface area contributed by atoms with Crippen LogP contribution in [0.2, 0.25) is 0 Å². The Morgan fingerprint density at radius 1 is 1.09 bits per heavy atom. The molecule has 0 spiro atoms. The second-order valence-corrected chi connectivity index (χ2v) is 6.11. The highest BCUT2D eigenvalue weighted by Crippen LogP contribution is 2.13. The smallest absolute Gasteiger partial charge is 0.252 e. The molecule has 2 aromatic rings. The molecule has 0 fully saturated rings. The van der Waals surface area contributed by atoms with Crippen molar-refractivity contribution in [3.8, 4) is 12.3 Å². The van der Waals surface area contributed by atoms with Crippen LogP contribution in [0.5, 0.6) is 0 Å². The van der Waals surface area contributed by atoms with Gasteiger partial charge in [-0.2, -0.15) is 0 Å². The lowest BCUT2D eigenvalue weighted by Gasteiger charge is -2.13. The number of terminal acetylenes is 1. The highest BCUT2D eigenvalue weighted by atomic mass is 32.2. The predicted octanol–water partition coefficient (Wildman–Crippen LogP) is 1.44. The third-order valence-electron chi connectivity index (χ3n) is 3.02. The lowest BCUT2D eigenvalue weighted by atomic mass is 10.1. The number of amides is 1. The lowest BCUT2D eigenvalue weighted by Crippen LogP contribution is -2.27. The van der Waals surface area contributed by atoms with Gasteiger partial charge in [0, 0.05) is 5.56 Å². The Labute approximate surface area is 129 Å². The monoisotopic (exact) mass is 314 g/mol. The van der Waals surface area contributed by atoms with Gasteiger partial charge in [0.15, 0.2) is 0 Å². The third-order valence-corrected chi connectivity index (χ3v) is 3.95. The molecule has 0 saturated heterocycles. The number of sulfonamides is 1. The van der Waals surface area contributed by atoms with Gasteiger partial charge in [0.2, 0.25) is 10.0 Å². The Balaban J connectivity index is 2.17. The maximum atomic E-state index is 12.2. The first-order chi connectivity index (χ1) is 10.4. The molecular weight excluding hydrogens is 300 g/mol. The second kappa shape index (κ2) is 6.43. The molecule has 1 atom stereocenters. The van der Waals surface area contributed by atoms with Crippen LogP contribution in [0.4, 0.5) is 0 Å². The fourth-order valence-electron chi connectivity index (χ4n) is 1.88. The van der Waals surface area contributed by atoms with E-state index in [0.717, 1.165) is 5.56 Å². The van der Waals surface area contributed by atoms with Crippen molar-refractivity contribution in [1.29, 1.82) is 0 Å². The number of carbonyl (C=O) groups is 1. The van der Waals surface area contributed by atoms with Crippen LogP contribution in [0.1, 0.15) is 22.0 Å². The molecule has 1 unspecified atom stereocenters. The molecule has 2 aromatic carbocycles. The van der Waals surface area contributed by atoms with Gasteiger partial charge in [-0.25, -0.2) is 13.6 Å². The Morgan fingerprint density at radius 2 is 1.68 bits per heavy atom. The van der Waals surface area contributed by atoms with Gasteiger partial charge in [0.25, 0.3) is 5.91 Å². The number of nitrogens with two attached hydrogens (primary N) is 1. The summed E-state index contributed by atoms with van der Waals surface area (Å²) >= 11 is 0. The van der Waals surface area contributed by atoms with Crippen molar-refractivity contribution < 1.29 is 13.2 Å². The molecule has 3 N–H and O–H groups in total. The minimum Gasteiger partial charge on any atom is -0.334 e. The average Bonchev–Trinajstić information content (AvgIpc) is 2.52. The fourth-order valence-corrected chi connectivity index (χ4v) is 2.39. The average molecular weight is 314 g/mol. The molecule has 6 heteroatoms. The van der Waals surface area contributed by atoms with Crippen molar-refractivity contribution in [3.63, 3.8) is 0 Å². The zero-order chi connectivity index (χ0) is 16.2. The number of hydrogen-bond acceptors (Lipinski definition) is 3. The molecule has 2 rings (SSSR count). The van der Waals surface area contributed by atoms with E-state index in [1.165, 1.54) is 24.3 Å². The van der Waals surface area contributed by atoms with Crippen LogP contribution in [-0.4, -0.2) is 14.3 Å². The zero-order valence-electron chi connectivity index (χ0n) is 11.6. The van der Waals surface area contributed by atoms with Crippen LogP contribution < -0.4 is 10.5 Å². The highest BCUT2D eigenvalue weighted by Gasteiger charge is 2.14. The summed E-state index contributed by atoms with van der Waals surface area (Å²) in [6, 6.07) is 13.9. The largest absolute Gasteiger partial charge is 0.334 e. The van der Waals surface area contributed by atoms with Crippen LogP contribution in [0.15, 0.2) is 59.5 Å². The quantitative estimate of drug-likeness (QED) is 0.837. The number of benzene rings is 2. The molecule has 0 bridgehead atoms. The Bertz CT molecular complexity index is 807. The first kappa shape index (κ1) is 15.8. The van der Waals surface area contributed by atoms with Gasteiger partial charge in [-0.05, 0) is 29.8 Å². The normalized spacial score (nSPS) is 12.2. The summed E-state index contributed by atoms with van der Waals surface area (Å²) in [6.07, 6.45) is 5.45. The summed E-state index contributed by atoms with van der Waals surface area (Å²) in [7, 11) is -3.78. The summed E-state index contributed by atoms with van der Waals surface area (Å²) in [4.78, 5) is 12.1. The first-order valence-corrected chi connectivity index (χ1v) is 7.91. The number of hydrogen-bond donors (Lipinski definition) is 2. The van der Waals surface area contributed by atoms with Crippen LogP contribution in [0.3, 0.4) is 0 Å². The molecule has 0 aromatic heterocycles. The van der Waals surface area contributed by atoms with Gasteiger partial charge in [0.05, 0.1) is 4.90 Å².